The van der Waals surface area contributed by atoms with Crippen LogP contribution in [0.3, 0.4) is 0 Å². The molecule has 4 atom stereocenters. The quantitative estimate of drug-likeness (QED) is 0.549. The summed E-state index contributed by atoms with van der Waals surface area (Å²) in [5, 5.41) is 13.1. The van der Waals surface area contributed by atoms with Gasteiger partial charge >= 0.3 is 5.97 Å². The van der Waals surface area contributed by atoms with E-state index in [0.29, 0.717) is 0 Å². The van der Waals surface area contributed by atoms with Crippen molar-refractivity contribution >= 4 is 23.5 Å². The fourth-order valence-electron chi connectivity index (χ4n) is 4.22. The number of carbonyl (C=O) groups excluding carboxylic acids is 3. The second kappa shape index (κ2) is 6.94. The van der Waals surface area contributed by atoms with Gasteiger partial charge in [-0.15, -0.1) is 0 Å². The number of nitrogens with zero attached hydrogens (tertiary/aromatic N) is 2. The molecule has 2 fully saturated rings. The standard InChI is InChI=1S/C19H25N3O5/c1-5-22-16(24)13-14(17(22)25)19(10-23,18(26)27-4)20-15(13)11-6-8-12(9-7-11)21(2)3/h6-9,13-15,20,23H,5,10H2,1-4H3/t13-,14+,15-,19-/m0/s1. The minimum atomic E-state index is -1.64. The molecule has 2 aliphatic rings. The van der Waals surface area contributed by atoms with E-state index in [2.05, 4.69) is 5.32 Å². The number of fused-ring (bicyclic) bond motifs is 1. The molecule has 8 heteroatoms. The molecule has 0 spiro atoms. The number of imide groups is 1. The smallest absolute Gasteiger partial charge is 0.329 e. The predicted octanol–water partition coefficient (Wildman–Crippen LogP) is -0.0779. The summed E-state index contributed by atoms with van der Waals surface area (Å²) in [6, 6.07) is 6.96. The number of methoxy groups -OCH3 is 1. The lowest BCUT2D eigenvalue weighted by molar-refractivity contribution is -0.156. The van der Waals surface area contributed by atoms with Crippen LogP contribution in [-0.4, -0.2) is 67.7 Å². The van der Waals surface area contributed by atoms with Gasteiger partial charge in [0.15, 0.2) is 5.54 Å². The Kier molecular flexibility index (Phi) is 4.96. The van der Waals surface area contributed by atoms with E-state index in [4.69, 9.17) is 4.74 Å². The van der Waals surface area contributed by atoms with Gasteiger partial charge in [0.1, 0.15) is 0 Å². The number of benzene rings is 1. The van der Waals surface area contributed by atoms with Crippen molar-refractivity contribution in [2.75, 3.05) is 39.3 Å². The average Bonchev–Trinajstić information content (AvgIpc) is 3.15. The normalized spacial score (nSPS) is 29.8. The van der Waals surface area contributed by atoms with Gasteiger partial charge in [-0.2, -0.15) is 0 Å². The predicted molar refractivity (Wildman–Crippen MR) is 97.9 cm³/mol. The summed E-state index contributed by atoms with van der Waals surface area (Å²) in [4.78, 5) is 41.5. The number of likely N-dealkylation sites (tertiary alicyclic amines) is 1. The monoisotopic (exact) mass is 375 g/mol. The molecule has 2 amide bonds. The van der Waals surface area contributed by atoms with Crippen LogP contribution in [0.1, 0.15) is 18.5 Å². The zero-order valence-electron chi connectivity index (χ0n) is 15.9. The van der Waals surface area contributed by atoms with Crippen LogP contribution in [0.15, 0.2) is 24.3 Å². The highest BCUT2D eigenvalue weighted by Crippen LogP contribution is 2.49. The van der Waals surface area contributed by atoms with Crippen LogP contribution < -0.4 is 10.2 Å². The molecular weight excluding hydrogens is 350 g/mol. The number of amides is 2. The van der Waals surface area contributed by atoms with Gasteiger partial charge < -0.3 is 14.7 Å². The Bertz CT molecular complexity index is 763. The molecule has 0 radical (unpaired) electrons. The molecule has 1 aromatic rings. The molecule has 0 saturated carbocycles. The molecular formula is C19H25N3O5. The third kappa shape index (κ3) is 2.71. The summed E-state index contributed by atoms with van der Waals surface area (Å²) in [5.41, 5.74) is 0.119. The van der Waals surface area contributed by atoms with Gasteiger partial charge in [-0.1, -0.05) is 12.1 Å². The van der Waals surface area contributed by atoms with E-state index >= 15 is 0 Å². The van der Waals surface area contributed by atoms with Gasteiger partial charge in [-0.25, -0.2) is 4.79 Å². The van der Waals surface area contributed by atoms with E-state index in [1.54, 1.807) is 6.92 Å². The number of hydrogen-bond donors (Lipinski definition) is 2. The molecule has 0 bridgehead atoms. The topological polar surface area (TPSA) is 99.2 Å². The second-order valence-electron chi connectivity index (χ2n) is 7.15. The van der Waals surface area contributed by atoms with E-state index in [0.717, 1.165) is 16.2 Å². The molecule has 0 aliphatic carbocycles. The van der Waals surface area contributed by atoms with Crippen LogP contribution in [0.2, 0.25) is 0 Å². The maximum atomic E-state index is 12.9. The lowest BCUT2D eigenvalue weighted by atomic mass is 9.79. The number of aliphatic hydroxyl groups is 1. The first kappa shape index (κ1) is 19.3. The lowest BCUT2D eigenvalue weighted by Crippen LogP contribution is -2.58. The van der Waals surface area contributed by atoms with Crippen molar-refractivity contribution in [3.63, 3.8) is 0 Å². The molecule has 2 aliphatic heterocycles. The van der Waals surface area contributed by atoms with Crippen LogP contribution in [0.4, 0.5) is 5.69 Å². The first-order valence-corrected chi connectivity index (χ1v) is 8.91. The summed E-state index contributed by atoms with van der Waals surface area (Å²) in [5.74, 6) is -3.30. The molecule has 146 valence electrons. The van der Waals surface area contributed by atoms with Gasteiger partial charge in [-0.3, -0.25) is 19.8 Å². The lowest BCUT2D eigenvalue weighted by Gasteiger charge is -2.30. The first-order chi connectivity index (χ1) is 12.8. The Labute approximate surface area is 158 Å². The molecule has 8 nitrogen and oxygen atoms in total. The summed E-state index contributed by atoms with van der Waals surface area (Å²) < 4.78 is 4.87. The number of rotatable bonds is 5. The number of nitrogens with one attached hydrogen (secondary N) is 1. The number of ether oxygens (including phenoxy) is 1. The van der Waals surface area contributed by atoms with Gasteiger partial charge in [0.25, 0.3) is 0 Å². The van der Waals surface area contributed by atoms with E-state index in [1.807, 2.05) is 43.3 Å². The van der Waals surface area contributed by atoms with E-state index in [1.165, 1.54) is 7.11 Å². The van der Waals surface area contributed by atoms with E-state index in [-0.39, 0.29) is 12.5 Å². The Morgan fingerprint density at radius 1 is 1.26 bits per heavy atom. The zero-order chi connectivity index (χ0) is 19.9. The highest BCUT2D eigenvalue weighted by molar-refractivity contribution is 6.09. The van der Waals surface area contributed by atoms with Crippen LogP contribution >= 0.6 is 0 Å². The Balaban J connectivity index is 2.09. The van der Waals surface area contributed by atoms with Crippen LogP contribution in [0.25, 0.3) is 0 Å². The fraction of sp³-hybridized carbons (Fsp3) is 0.526. The van der Waals surface area contributed by atoms with E-state index in [9.17, 15) is 19.5 Å². The van der Waals surface area contributed by atoms with Gasteiger partial charge in [-0.05, 0) is 24.6 Å². The molecule has 0 unspecified atom stereocenters. The van der Waals surface area contributed by atoms with E-state index < -0.39 is 41.9 Å². The Morgan fingerprint density at radius 2 is 1.89 bits per heavy atom. The van der Waals surface area contributed by atoms with Crippen molar-refractivity contribution in [2.24, 2.45) is 11.8 Å². The molecule has 3 rings (SSSR count). The minimum absolute atomic E-state index is 0.222. The van der Waals surface area contributed by atoms with Crippen molar-refractivity contribution in [1.82, 2.24) is 10.2 Å². The van der Waals surface area contributed by atoms with Crippen molar-refractivity contribution < 1.29 is 24.2 Å². The number of aliphatic hydroxyl groups excluding tert-OH is 1. The van der Waals surface area contributed by atoms with Crippen molar-refractivity contribution in [3.05, 3.63) is 29.8 Å². The second-order valence-corrected chi connectivity index (χ2v) is 7.15. The minimum Gasteiger partial charge on any atom is -0.468 e. The summed E-state index contributed by atoms with van der Waals surface area (Å²) in [6.07, 6.45) is 0. The van der Waals surface area contributed by atoms with Crippen LogP contribution in [0.5, 0.6) is 0 Å². The van der Waals surface area contributed by atoms with Crippen molar-refractivity contribution in [3.8, 4) is 0 Å². The maximum Gasteiger partial charge on any atom is 0.329 e. The third-order valence-electron chi connectivity index (χ3n) is 5.63. The summed E-state index contributed by atoms with van der Waals surface area (Å²) >= 11 is 0. The van der Waals surface area contributed by atoms with Crippen molar-refractivity contribution in [1.29, 1.82) is 0 Å². The van der Waals surface area contributed by atoms with Gasteiger partial charge in [0, 0.05) is 32.4 Å². The summed E-state index contributed by atoms with van der Waals surface area (Å²) in [7, 11) is 5.05. The SMILES string of the molecule is CCN1C(=O)[C@@H]2[C@H](c3ccc(N(C)C)cc3)N[C@](CO)(C(=O)OC)[C@H]2C1=O. The Hall–Kier alpha value is -2.45. The fourth-order valence-corrected chi connectivity index (χ4v) is 4.22. The first-order valence-electron chi connectivity index (χ1n) is 8.91. The third-order valence-corrected chi connectivity index (χ3v) is 5.63. The highest BCUT2D eigenvalue weighted by atomic mass is 16.5. The summed E-state index contributed by atoms with van der Waals surface area (Å²) in [6.45, 7) is 1.30. The molecule has 1 aromatic carbocycles. The molecule has 2 heterocycles. The molecule has 0 aromatic heterocycles. The zero-order valence-corrected chi connectivity index (χ0v) is 15.9. The number of esters is 1. The van der Waals surface area contributed by atoms with Gasteiger partial charge in [0.2, 0.25) is 11.8 Å². The molecule has 27 heavy (non-hydrogen) atoms. The van der Waals surface area contributed by atoms with Gasteiger partial charge in [0.05, 0.1) is 25.6 Å². The van der Waals surface area contributed by atoms with Crippen LogP contribution in [-0.2, 0) is 19.1 Å². The van der Waals surface area contributed by atoms with Crippen LogP contribution in [0, 0.1) is 11.8 Å². The number of hydrogen-bond acceptors (Lipinski definition) is 7. The number of anilines is 1. The highest BCUT2D eigenvalue weighted by Gasteiger charge is 2.68. The average molecular weight is 375 g/mol. The maximum absolute atomic E-state index is 12.9. The van der Waals surface area contributed by atoms with Crippen molar-refractivity contribution in [2.45, 2.75) is 18.5 Å². The molecule has 2 saturated heterocycles. The number of carbonyl (C=O) groups is 3. The molecule has 2 N–H and O–H groups in total. The Morgan fingerprint density at radius 3 is 2.37 bits per heavy atom. The largest absolute Gasteiger partial charge is 0.468 e.